The van der Waals surface area contributed by atoms with Crippen LogP contribution in [0.15, 0.2) is 28.9 Å². The number of rotatable bonds is 3. The molecule has 1 atom stereocenters. The molecule has 0 saturated carbocycles. The Kier molecular flexibility index (Phi) is 5.13. The van der Waals surface area contributed by atoms with Crippen LogP contribution in [0.3, 0.4) is 0 Å². The van der Waals surface area contributed by atoms with Crippen molar-refractivity contribution in [2.24, 2.45) is 0 Å². The molecule has 1 aromatic carbocycles. The molecule has 0 aliphatic heterocycles. The predicted octanol–water partition coefficient (Wildman–Crippen LogP) is 6.12. The van der Waals surface area contributed by atoms with Crippen LogP contribution in [0.25, 0.3) is 0 Å². The van der Waals surface area contributed by atoms with Crippen molar-refractivity contribution < 1.29 is 4.39 Å². The van der Waals surface area contributed by atoms with E-state index in [1.165, 1.54) is 12.1 Å². The average molecular weight is 398 g/mol. The standard InChI is InChI=1S/C13H9BrCl3FN2/c1-6(8-3-12(18)11(16)4-10(8)15)20-7-2-9(14)13(17)19-5-7/h2-6,20H,1H3. The monoisotopic (exact) mass is 396 g/mol. The van der Waals surface area contributed by atoms with Crippen molar-refractivity contribution >= 4 is 56.4 Å². The Morgan fingerprint density at radius 1 is 1.20 bits per heavy atom. The molecular weight excluding hydrogens is 389 g/mol. The third kappa shape index (κ3) is 3.55. The zero-order valence-electron chi connectivity index (χ0n) is 10.2. The first-order valence-corrected chi connectivity index (χ1v) is 7.53. The summed E-state index contributed by atoms with van der Waals surface area (Å²) in [6.07, 6.45) is 1.59. The van der Waals surface area contributed by atoms with Crippen molar-refractivity contribution in [3.63, 3.8) is 0 Å². The summed E-state index contributed by atoms with van der Waals surface area (Å²) in [7, 11) is 0. The topological polar surface area (TPSA) is 24.9 Å². The highest BCUT2D eigenvalue weighted by molar-refractivity contribution is 9.10. The first kappa shape index (κ1) is 15.8. The van der Waals surface area contributed by atoms with E-state index in [9.17, 15) is 4.39 Å². The van der Waals surface area contributed by atoms with E-state index in [4.69, 9.17) is 34.8 Å². The molecule has 0 aliphatic carbocycles. The molecule has 2 aromatic rings. The third-order valence-electron chi connectivity index (χ3n) is 2.69. The molecule has 0 bridgehead atoms. The van der Waals surface area contributed by atoms with E-state index in [1.54, 1.807) is 12.3 Å². The lowest BCUT2D eigenvalue weighted by Crippen LogP contribution is -2.08. The molecule has 2 nitrogen and oxygen atoms in total. The smallest absolute Gasteiger partial charge is 0.143 e. The summed E-state index contributed by atoms with van der Waals surface area (Å²) >= 11 is 20.9. The van der Waals surface area contributed by atoms with Gasteiger partial charge in [-0.05, 0) is 46.6 Å². The van der Waals surface area contributed by atoms with Crippen LogP contribution < -0.4 is 5.32 Å². The van der Waals surface area contributed by atoms with Gasteiger partial charge in [-0.1, -0.05) is 34.8 Å². The van der Waals surface area contributed by atoms with Gasteiger partial charge >= 0.3 is 0 Å². The molecule has 7 heteroatoms. The number of nitrogens with one attached hydrogen (secondary N) is 1. The maximum atomic E-state index is 13.5. The van der Waals surface area contributed by atoms with Crippen LogP contribution in [0, 0.1) is 5.82 Å². The molecule has 1 aromatic heterocycles. The van der Waals surface area contributed by atoms with Crippen LogP contribution in [0.5, 0.6) is 0 Å². The Bertz CT molecular complexity index is 652. The van der Waals surface area contributed by atoms with Crippen molar-refractivity contribution in [2.75, 3.05) is 5.32 Å². The number of nitrogens with zero attached hydrogens (tertiary/aromatic N) is 1. The number of hydrogen-bond donors (Lipinski definition) is 1. The Morgan fingerprint density at radius 3 is 2.55 bits per heavy atom. The number of pyridine rings is 1. The van der Waals surface area contributed by atoms with E-state index in [1.807, 2.05) is 6.92 Å². The van der Waals surface area contributed by atoms with Crippen molar-refractivity contribution in [2.45, 2.75) is 13.0 Å². The maximum Gasteiger partial charge on any atom is 0.143 e. The molecule has 0 spiro atoms. The van der Waals surface area contributed by atoms with Gasteiger partial charge < -0.3 is 5.32 Å². The quantitative estimate of drug-likeness (QED) is 0.498. The van der Waals surface area contributed by atoms with Gasteiger partial charge in [0.25, 0.3) is 0 Å². The van der Waals surface area contributed by atoms with Crippen molar-refractivity contribution in [1.82, 2.24) is 4.98 Å². The van der Waals surface area contributed by atoms with Crippen molar-refractivity contribution in [3.05, 3.63) is 55.4 Å². The maximum absolute atomic E-state index is 13.5. The molecule has 0 radical (unpaired) electrons. The van der Waals surface area contributed by atoms with Gasteiger partial charge in [0.1, 0.15) is 11.0 Å². The minimum absolute atomic E-state index is 0.00172. The minimum Gasteiger partial charge on any atom is -0.377 e. The first-order valence-electron chi connectivity index (χ1n) is 5.60. The number of hydrogen-bond acceptors (Lipinski definition) is 2. The second-order valence-corrected chi connectivity index (χ2v) is 6.18. The molecule has 20 heavy (non-hydrogen) atoms. The SMILES string of the molecule is CC(Nc1cnc(Cl)c(Br)c1)c1cc(F)c(Cl)cc1Cl. The fourth-order valence-electron chi connectivity index (χ4n) is 1.70. The van der Waals surface area contributed by atoms with Crippen LogP contribution in [0.2, 0.25) is 15.2 Å². The van der Waals surface area contributed by atoms with E-state index in [2.05, 4.69) is 26.2 Å². The van der Waals surface area contributed by atoms with Gasteiger partial charge in [0.2, 0.25) is 0 Å². The van der Waals surface area contributed by atoms with Crippen LogP contribution in [0.1, 0.15) is 18.5 Å². The van der Waals surface area contributed by atoms with Crippen molar-refractivity contribution in [3.8, 4) is 0 Å². The normalized spacial score (nSPS) is 12.3. The minimum atomic E-state index is -0.505. The Labute approximate surface area is 139 Å². The first-order chi connectivity index (χ1) is 9.38. The number of anilines is 1. The summed E-state index contributed by atoms with van der Waals surface area (Å²) in [5.41, 5.74) is 1.35. The highest BCUT2D eigenvalue weighted by Crippen LogP contribution is 2.31. The molecule has 1 N–H and O–H groups in total. The lowest BCUT2D eigenvalue weighted by atomic mass is 10.1. The predicted molar refractivity (Wildman–Crippen MR) is 85.4 cm³/mol. The average Bonchev–Trinajstić information content (AvgIpc) is 2.38. The summed E-state index contributed by atoms with van der Waals surface area (Å²) in [4.78, 5) is 4.01. The lowest BCUT2D eigenvalue weighted by molar-refractivity contribution is 0.624. The van der Waals surface area contributed by atoms with Gasteiger partial charge in [0.05, 0.1) is 27.4 Å². The molecule has 106 valence electrons. The van der Waals surface area contributed by atoms with Gasteiger partial charge in [-0.2, -0.15) is 0 Å². The molecule has 0 saturated heterocycles. The van der Waals surface area contributed by atoms with Gasteiger partial charge in [-0.25, -0.2) is 9.37 Å². The second-order valence-electron chi connectivity index (χ2n) is 4.15. The highest BCUT2D eigenvalue weighted by Gasteiger charge is 2.14. The molecule has 0 amide bonds. The summed E-state index contributed by atoms with van der Waals surface area (Å²) in [5.74, 6) is -0.505. The second kappa shape index (κ2) is 6.48. The largest absolute Gasteiger partial charge is 0.377 e. The highest BCUT2D eigenvalue weighted by atomic mass is 79.9. The Hall–Kier alpha value is -0.550. The summed E-state index contributed by atoms with van der Waals surface area (Å²) in [6, 6.07) is 4.28. The molecule has 0 fully saturated rings. The zero-order valence-corrected chi connectivity index (χ0v) is 14.1. The summed E-state index contributed by atoms with van der Waals surface area (Å²) in [5, 5.41) is 3.94. The van der Waals surface area contributed by atoms with Crippen LogP contribution in [-0.4, -0.2) is 4.98 Å². The summed E-state index contributed by atoms with van der Waals surface area (Å²) in [6.45, 7) is 1.86. The van der Waals surface area contributed by atoms with E-state index in [0.29, 0.717) is 20.2 Å². The van der Waals surface area contributed by atoms with E-state index < -0.39 is 5.82 Å². The van der Waals surface area contributed by atoms with Crippen LogP contribution in [-0.2, 0) is 0 Å². The van der Waals surface area contributed by atoms with E-state index >= 15 is 0 Å². The Morgan fingerprint density at radius 2 is 1.90 bits per heavy atom. The molecular formula is C13H9BrCl3FN2. The fourth-order valence-corrected chi connectivity index (χ4v) is 2.70. The fraction of sp³-hybridized carbons (Fsp3) is 0.154. The third-order valence-corrected chi connectivity index (χ3v) is 4.44. The number of aromatic nitrogens is 1. The summed E-state index contributed by atoms with van der Waals surface area (Å²) < 4.78 is 14.2. The van der Waals surface area contributed by atoms with Crippen LogP contribution >= 0.6 is 50.7 Å². The molecule has 1 heterocycles. The van der Waals surface area contributed by atoms with Crippen LogP contribution in [0.4, 0.5) is 10.1 Å². The van der Waals surface area contributed by atoms with Gasteiger partial charge in [0, 0.05) is 5.02 Å². The van der Waals surface area contributed by atoms with Crippen molar-refractivity contribution in [1.29, 1.82) is 0 Å². The van der Waals surface area contributed by atoms with Gasteiger partial charge in [0.15, 0.2) is 0 Å². The Balaban J connectivity index is 2.25. The van der Waals surface area contributed by atoms with Gasteiger partial charge in [-0.15, -0.1) is 0 Å². The molecule has 1 unspecified atom stereocenters. The molecule has 0 aliphatic rings. The lowest BCUT2D eigenvalue weighted by Gasteiger charge is -2.17. The zero-order chi connectivity index (χ0) is 14.9. The molecule has 2 rings (SSSR count). The van der Waals surface area contributed by atoms with Gasteiger partial charge in [-0.3, -0.25) is 0 Å². The van der Waals surface area contributed by atoms with E-state index in [0.717, 1.165) is 5.69 Å². The number of halogens is 5. The van der Waals surface area contributed by atoms with E-state index in [-0.39, 0.29) is 11.1 Å². The number of benzene rings is 1.